The molecule has 17 heavy (non-hydrogen) atoms. The molecule has 0 spiro atoms. The third-order valence-electron chi connectivity index (χ3n) is 3.35. The van der Waals surface area contributed by atoms with Crippen LogP contribution in [0.5, 0.6) is 0 Å². The van der Waals surface area contributed by atoms with E-state index < -0.39 is 0 Å². The number of thioether (sulfide) groups is 1. The van der Waals surface area contributed by atoms with Crippen LogP contribution in [0, 0.1) is 0 Å². The van der Waals surface area contributed by atoms with Gasteiger partial charge < -0.3 is 5.73 Å². The van der Waals surface area contributed by atoms with Gasteiger partial charge in [-0.1, -0.05) is 19.3 Å². The second-order valence-corrected chi connectivity index (χ2v) is 6.66. The Morgan fingerprint density at radius 1 is 1.41 bits per heavy atom. The maximum absolute atomic E-state index is 5.86. The van der Waals surface area contributed by atoms with Gasteiger partial charge in [0.25, 0.3) is 0 Å². The minimum atomic E-state index is 0.576. The molecule has 0 amide bonds. The summed E-state index contributed by atoms with van der Waals surface area (Å²) in [7, 11) is 0. The summed E-state index contributed by atoms with van der Waals surface area (Å²) in [5, 5.41) is 3.97. The number of fused-ring (bicyclic) bond motifs is 1. The van der Waals surface area contributed by atoms with Gasteiger partial charge in [-0.25, -0.2) is 4.98 Å². The lowest BCUT2D eigenvalue weighted by molar-refractivity contribution is 0.515. The minimum absolute atomic E-state index is 0.576. The molecule has 1 aliphatic rings. The number of rotatable bonds is 3. The van der Waals surface area contributed by atoms with Crippen molar-refractivity contribution in [3.63, 3.8) is 0 Å². The molecule has 0 atom stereocenters. The lowest BCUT2D eigenvalue weighted by Crippen LogP contribution is -2.09. The maximum atomic E-state index is 5.86. The number of hydrogen-bond acceptors (Lipinski definition) is 4. The van der Waals surface area contributed by atoms with Gasteiger partial charge >= 0.3 is 0 Å². The zero-order chi connectivity index (χ0) is 11.7. The molecule has 92 valence electrons. The Morgan fingerprint density at radius 3 is 3.00 bits per heavy atom. The quantitative estimate of drug-likeness (QED) is 0.928. The first-order valence-corrected chi connectivity index (χ1v) is 7.95. The lowest BCUT2D eigenvalue weighted by Gasteiger charge is -2.20. The number of aromatic nitrogens is 2. The molecule has 1 fully saturated rings. The molecule has 0 unspecified atom stereocenters. The van der Waals surface area contributed by atoms with Gasteiger partial charge in [0.1, 0.15) is 5.03 Å². The van der Waals surface area contributed by atoms with Gasteiger partial charge in [0.2, 0.25) is 0 Å². The Balaban J connectivity index is 1.85. The number of thiazole rings is 1. The highest BCUT2D eigenvalue weighted by Gasteiger charge is 2.19. The van der Waals surface area contributed by atoms with Crippen molar-refractivity contribution in [1.82, 2.24) is 9.38 Å². The highest BCUT2D eigenvalue weighted by atomic mass is 32.2. The van der Waals surface area contributed by atoms with Crippen LogP contribution in [-0.2, 0) is 6.54 Å². The summed E-state index contributed by atoms with van der Waals surface area (Å²) < 4.78 is 2.13. The molecule has 2 aromatic heterocycles. The molecular weight excluding hydrogens is 250 g/mol. The molecule has 1 aliphatic carbocycles. The van der Waals surface area contributed by atoms with Crippen LogP contribution in [0.25, 0.3) is 4.96 Å². The van der Waals surface area contributed by atoms with E-state index in [2.05, 4.69) is 16.0 Å². The molecule has 2 heterocycles. The van der Waals surface area contributed by atoms with Crippen molar-refractivity contribution in [1.29, 1.82) is 0 Å². The van der Waals surface area contributed by atoms with Gasteiger partial charge in [-0.2, -0.15) is 0 Å². The molecule has 0 bridgehead atoms. The van der Waals surface area contributed by atoms with Crippen LogP contribution in [0.4, 0.5) is 0 Å². The summed E-state index contributed by atoms with van der Waals surface area (Å²) >= 11 is 3.62. The van der Waals surface area contributed by atoms with Gasteiger partial charge in [0.15, 0.2) is 4.96 Å². The van der Waals surface area contributed by atoms with Gasteiger partial charge in [0.05, 0.1) is 5.69 Å². The standard InChI is InChI=1S/C12H17N3S2/c13-8-10-11(14-12-15(10)6-7-16-12)17-9-4-2-1-3-5-9/h6-7,9H,1-5,8,13H2. The van der Waals surface area contributed by atoms with Crippen molar-refractivity contribution in [3.8, 4) is 0 Å². The third kappa shape index (κ3) is 2.23. The molecule has 3 nitrogen and oxygen atoms in total. The van der Waals surface area contributed by atoms with E-state index >= 15 is 0 Å². The normalized spacial score (nSPS) is 17.9. The third-order valence-corrected chi connectivity index (χ3v) is 5.46. The first-order chi connectivity index (χ1) is 8.38. The Labute approximate surface area is 109 Å². The monoisotopic (exact) mass is 267 g/mol. The van der Waals surface area contributed by atoms with Crippen molar-refractivity contribution in [2.75, 3.05) is 0 Å². The highest BCUT2D eigenvalue weighted by Crippen LogP contribution is 2.35. The number of hydrogen-bond donors (Lipinski definition) is 1. The van der Waals surface area contributed by atoms with E-state index in [1.54, 1.807) is 11.3 Å². The number of nitrogens with two attached hydrogens (primary N) is 1. The van der Waals surface area contributed by atoms with Crippen LogP contribution < -0.4 is 5.73 Å². The molecule has 3 rings (SSSR count). The van der Waals surface area contributed by atoms with E-state index in [9.17, 15) is 0 Å². The van der Waals surface area contributed by atoms with E-state index in [0.717, 1.165) is 15.2 Å². The van der Waals surface area contributed by atoms with Crippen LogP contribution in [0.2, 0.25) is 0 Å². The average molecular weight is 267 g/mol. The number of nitrogens with zero attached hydrogens (tertiary/aromatic N) is 2. The molecule has 2 N–H and O–H groups in total. The topological polar surface area (TPSA) is 43.3 Å². The summed E-state index contributed by atoms with van der Waals surface area (Å²) in [6.45, 7) is 0.576. The largest absolute Gasteiger partial charge is 0.325 e. The van der Waals surface area contributed by atoms with Crippen molar-refractivity contribution in [3.05, 3.63) is 17.3 Å². The van der Waals surface area contributed by atoms with Crippen LogP contribution in [0.3, 0.4) is 0 Å². The molecule has 5 heteroatoms. The fourth-order valence-corrected chi connectivity index (χ4v) is 4.57. The smallest absolute Gasteiger partial charge is 0.194 e. The first-order valence-electron chi connectivity index (χ1n) is 6.19. The van der Waals surface area contributed by atoms with Gasteiger partial charge in [-0.15, -0.1) is 23.1 Å². The number of imidazole rings is 1. The predicted molar refractivity (Wildman–Crippen MR) is 73.7 cm³/mol. The molecule has 1 saturated carbocycles. The van der Waals surface area contributed by atoms with E-state index in [1.165, 1.54) is 37.8 Å². The fraction of sp³-hybridized carbons (Fsp3) is 0.583. The Kier molecular flexibility index (Phi) is 3.40. The van der Waals surface area contributed by atoms with Crippen molar-refractivity contribution < 1.29 is 0 Å². The van der Waals surface area contributed by atoms with Gasteiger partial charge in [-0.3, -0.25) is 4.40 Å². The SMILES string of the molecule is NCc1c(SC2CCCCC2)nc2sccn12. The Morgan fingerprint density at radius 2 is 2.24 bits per heavy atom. The van der Waals surface area contributed by atoms with Crippen LogP contribution in [-0.4, -0.2) is 14.6 Å². The van der Waals surface area contributed by atoms with Crippen molar-refractivity contribution >= 4 is 28.1 Å². The summed E-state index contributed by atoms with van der Waals surface area (Å²) in [5.41, 5.74) is 7.03. The minimum Gasteiger partial charge on any atom is -0.325 e. The molecular formula is C12H17N3S2. The molecule has 0 radical (unpaired) electrons. The summed E-state index contributed by atoms with van der Waals surface area (Å²) in [4.78, 5) is 5.77. The Hall–Kier alpha value is -0.520. The summed E-state index contributed by atoms with van der Waals surface area (Å²) in [5.74, 6) is 0. The van der Waals surface area contributed by atoms with E-state index in [4.69, 9.17) is 10.7 Å². The van der Waals surface area contributed by atoms with E-state index in [-0.39, 0.29) is 0 Å². The lowest BCUT2D eigenvalue weighted by atomic mass is 10.0. The average Bonchev–Trinajstić information content (AvgIpc) is 2.90. The van der Waals surface area contributed by atoms with Crippen LogP contribution in [0.15, 0.2) is 16.6 Å². The second-order valence-electron chi connectivity index (χ2n) is 4.50. The Bertz CT molecular complexity index is 497. The van der Waals surface area contributed by atoms with Crippen molar-refractivity contribution in [2.24, 2.45) is 5.73 Å². The van der Waals surface area contributed by atoms with Crippen LogP contribution >= 0.6 is 23.1 Å². The van der Waals surface area contributed by atoms with E-state index in [0.29, 0.717) is 6.54 Å². The molecule has 0 aliphatic heterocycles. The van der Waals surface area contributed by atoms with Gasteiger partial charge in [-0.05, 0) is 12.8 Å². The molecule has 0 aromatic carbocycles. The highest BCUT2D eigenvalue weighted by molar-refractivity contribution is 7.99. The zero-order valence-electron chi connectivity index (χ0n) is 9.76. The predicted octanol–water partition coefficient (Wildman–Crippen LogP) is 3.28. The fourth-order valence-electron chi connectivity index (χ4n) is 2.43. The summed E-state index contributed by atoms with van der Waals surface area (Å²) in [6.07, 6.45) is 8.88. The van der Waals surface area contributed by atoms with Crippen LogP contribution in [0.1, 0.15) is 37.8 Å². The maximum Gasteiger partial charge on any atom is 0.194 e. The second kappa shape index (κ2) is 5.00. The van der Waals surface area contributed by atoms with Gasteiger partial charge in [0, 0.05) is 23.4 Å². The molecule has 0 saturated heterocycles. The summed E-state index contributed by atoms with van der Waals surface area (Å²) in [6, 6.07) is 0. The van der Waals surface area contributed by atoms with E-state index in [1.807, 2.05) is 11.8 Å². The van der Waals surface area contributed by atoms with Crippen molar-refractivity contribution in [2.45, 2.75) is 48.9 Å². The first kappa shape index (κ1) is 11.6. The zero-order valence-corrected chi connectivity index (χ0v) is 11.4. The molecule has 2 aromatic rings.